The third-order valence-corrected chi connectivity index (χ3v) is 14.4. The molecule has 2 heterocycles. The summed E-state index contributed by atoms with van der Waals surface area (Å²) in [6.07, 6.45) is 0. The van der Waals surface area contributed by atoms with E-state index in [-0.39, 0.29) is 0 Å². The number of rotatable bonds is 2. The average molecular weight is 794 g/mol. The molecule has 63 heavy (non-hydrogen) atoms. The molecule has 0 unspecified atom stereocenters. The first-order chi connectivity index (χ1) is 31.3. The van der Waals surface area contributed by atoms with Crippen molar-refractivity contribution in [2.45, 2.75) is 0 Å². The molecule has 1 nitrogen and oxygen atoms in total. The Kier molecular flexibility index (Phi) is 6.47. The fourth-order valence-corrected chi connectivity index (χ4v) is 11.8. The van der Waals surface area contributed by atoms with E-state index >= 15 is 0 Å². The van der Waals surface area contributed by atoms with Crippen molar-refractivity contribution in [2.75, 3.05) is 0 Å². The summed E-state index contributed by atoms with van der Waals surface area (Å²) in [4.78, 5) is 0. The Hall–Kier alpha value is -8.26. The second-order valence-electron chi connectivity index (χ2n) is 17.5. The molecule has 0 atom stereocenters. The molecule has 0 aliphatic rings. The van der Waals surface area contributed by atoms with Crippen molar-refractivity contribution in [2.24, 2.45) is 0 Å². The zero-order chi connectivity index (χ0) is 40.9. The predicted molar refractivity (Wildman–Crippen MR) is 272 cm³/mol. The van der Waals surface area contributed by atoms with Gasteiger partial charge in [-0.25, -0.2) is 0 Å². The van der Waals surface area contributed by atoms with E-state index in [2.05, 4.69) is 217 Å². The van der Waals surface area contributed by atoms with Gasteiger partial charge in [-0.2, -0.15) is 0 Å². The average Bonchev–Trinajstić information content (AvgIpc) is 3.87. The summed E-state index contributed by atoms with van der Waals surface area (Å²) in [6.45, 7) is 0. The maximum absolute atomic E-state index is 2.59. The highest BCUT2D eigenvalue weighted by Gasteiger charge is 2.25. The van der Waals surface area contributed by atoms with Crippen LogP contribution in [0, 0.1) is 0 Å². The topological polar surface area (TPSA) is 4.41 Å². The second-order valence-corrected chi connectivity index (χ2v) is 17.5. The molecule has 0 spiro atoms. The molecule has 0 saturated carbocycles. The van der Waals surface area contributed by atoms with Crippen LogP contribution in [0.4, 0.5) is 0 Å². The van der Waals surface area contributed by atoms with Gasteiger partial charge in [-0.3, -0.25) is 0 Å². The number of benzene rings is 13. The van der Waals surface area contributed by atoms with E-state index in [0.29, 0.717) is 0 Å². The van der Waals surface area contributed by atoms with E-state index in [0.717, 1.165) is 0 Å². The zero-order valence-corrected chi connectivity index (χ0v) is 34.2. The van der Waals surface area contributed by atoms with E-state index in [1.54, 1.807) is 0 Å². The second kappa shape index (κ2) is 12.2. The van der Waals surface area contributed by atoms with E-state index in [1.807, 2.05) is 0 Å². The van der Waals surface area contributed by atoms with Crippen molar-refractivity contribution in [1.82, 2.24) is 4.40 Å². The smallest absolute Gasteiger partial charge is 0.0620 e. The SMILES string of the molecule is c1ccc2c(-c3ccc4c5ccccc5c5ccccc5c4c3)c3c4cccc5c6c(-c7ccc8c9ccccc9c9ccccc9c8c7)c7ccccc7cc6n(c3cc2c1)c45. The van der Waals surface area contributed by atoms with E-state index in [1.165, 1.54) is 147 Å². The first kappa shape index (κ1) is 33.5. The minimum absolute atomic E-state index is 1.24. The summed E-state index contributed by atoms with van der Waals surface area (Å²) in [6, 6.07) is 79.8. The van der Waals surface area contributed by atoms with Crippen molar-refractivity contribution in [3.05, 3.63) is 212 Å². The highest BCUT2D eigenvalue weighted by Crippen LogP contribution is 2.50. The van der Waals surface area contributed by atoms with Gasteiger partial charge in [0.2, 0.25) is 0 Å². The van der Waals surface area contributed by atoms with E-state index in [4.69, 9.17) is 0 Å². The van der Waals surface area contributed by atoms with Crippen molar-refractivity contribution < 1.29 is 0 Å². The molecule has 13 aromatic carbocycles. The fraction of sp³-hybridized carbons (Fsp3) is 0. The Labute approximate surface area is 361 Å². The molecule has 0 aliphatic heterocycles. The van der Waals surface area contributed by atoms with Crippen LogP contribution in [0.2, 0.25) is 0 Å². The zero-order valence-electron chi connectivity index (χ0n) is 34.2. The standard InChI is InChI=1S/C62H35N/c1-3-16-40-36(14-1)34-56-60(58(40)38-28-30-50-46-22-7-5-18-42(46)44-20-9-11-24-48(44)54(50)32-38)52-26-13-27-53-61-57(63(56)62(52)53)35-37-15-2-4-17-41(37)59(61)39-29-31-51-47-23-8-6-19-43(47)45-21-10-12-25-49(45)55(51)33-39/h1-35H. The summed E-state index contributed by atoms with van der Waals surface area (Å²) in [5.41, 5.74) is 8.83. The van der Waals surface area contributed by atoms with Gasteiger partial charge in [0, 0.05) is 21.5 Å². The number of nitrogens with zero attached hydrogens (tertiary/aromatic N) is 1. The molecule has 15 rings (SSSR count). The van der Waals surface area contributed by atoms with Gasteiger partial charge in [-0.05, 0) is 133 Å². The lowest BCUT2D eigenvalue weighted by molar-refractivity contribution is 1.38. The maximum atomic E-state index is 2.59. The van der Waals surface area contributed by atoms with Crippen LogP contribution in [0.1, 0.15) is 0 Å². The Balaban J connectivity index is 1.08. The molecule has 2 aromatic heterocycles. The third-order valence-electron chi connectivity index (χ3n) is 14.4. The van der Waals surface area contributed by atoms with Crippen LogP contribution >= 0.6 is 0 Å². The number of hydrogen-bond acceptors (Lipinski definition) is 0. The largest absolute Gasteiger partial charge is 0.308 e. The lowest BCUT2D eigenvalue weighted by Crippen LogP contribution is -1.90. The minimum atomic E-state index is 1.24. The highest BCUT2D eigenvalue weighted by molar-refractivity contribution is 6.34. The number of hydrogen-bond donors (Lipinski definition) is 0. The quantitative estimate of drug-likeness (QED) is 0.154. The molecule has 0 N–H and O–H groups in total. The summed E-state index contributed by atoms with van der Waals surface area (Å²) in [5, 5.41) is 25.7. The molecular formula is C62H35N. The molecule has 0 aliphatic carbocycles. The lowest BCUT2D eigenvalue weighted by atomic mass is 9.88. The van der Waals surface area contributed by atoms with Gasteiger partial charge in [0.05, 0.1) is 16.6 Å². The molecule has 0 fully saturated rings. The van der Waals surface area contributed by atoms with Gasteiger partial charge >= 0.3 is 0 Å². The van der Waals surface area contributed by atoms with Gasteiger partial charge in [-0.15, -0.1) is 0 Å². The van der Waals surface area contributed by atoms with Gasteiger partial charge < -0.3 is 4.40 Å². The summed E-state index contributed by atoms with van der Waals surface area (Å²) in [7, 11) is 0. The Morgan fingerprint density at radius 1 is 0.222 bits per heavy atom. The van der Waals surface area contributed by atoms with Crippen molar-refractivity contribution in [3.8, 4) is 22.3 Å². The van der Waals surface area contributed by atoms with Crippen LogP contribution in [-0.4, -0.2) is 4.40 Å². The van der Waals surface area contributed by atoms with E-state index in [9.17, 15) is 0 Å². The molecule has 0 bridgehead atoms. The van der Waals surface area contributed by atoms with Crippen LogP contribution in [-0.2, 0) is 0 Å². The summed E-state index contributed by atoms with van der Waals surface area (Å²) < 4.78 is 2.59. The van der Waals surface area contributed by atoms with Crippen LogP contribution in [0.5, 0.6) is 0 Å². The highest BCUT2D eigenvalue weighted by atomic mass is 14.9. The van der Waals surface area contributed by atoms with Gasteiger partial charge in [0.25, 0.3) is 0 Å². The Morgan fingerprint density at radius 3 is 0.905 bits per heavy atom. The molecule has 0 radical (unpaired) electrons. The first-order valence-electron chi connectivity index (χ1n) is 22.0. The van der Waals surface area contributed by atoms with Crippen LogP contribution in [0.15, 0.2) is 212 Å². The molecular weight excluding hydrogens is 759 g/mol. The van der Waals surface area contributed by atoms with Crippen molar-refractivity contribution in [1.29, 1.82) is 0 Å². The molecule has 288 valence electrons. The normalized spacial score (nSPS) is 12.4. The molecule has 0 amide bonds. The van der Waals surface area contributed by atoms with Crippen molar-refractivity contribution >= 4 is 124 Å². The van der Waals surface area contributed by atoms with Crippen LogP contribution in [0.3, 0.4) is 0 Å². The third kappa shape index (κ3) is 4.36. The fourth-order valence-electron chi connectivity index (χ4n) is 11.8. The number of para-hydroxylation sites is 1. The van der Waals surface area contributed by atoms with Crippen molar-refractivity contribution in [3.63, 3.8) is 0 Å². The minimum Gasteiger partial charge on any atom is -0.308 e. The summed E-state index contributed by atoms with van der Waals surface area (Å²) >= 11 is 0. The van der Waals surface area contributed by atoms with Gasteiger partial charge in [0.1, 0.15) is 0 Å². The molecule has 0 saturated heterocycles. The summed E-state index contributed by atoms with van der Waals surface area (Å²) in [5.74, 6) is 0. The Bertz CT molecular complexity index is 4140. The molecule has 15 aromatic rings. The lowest BCUT2D eigenvalue weighted by Gasteiger charge is -2.16. The Morgan fingerprint density at radius 2 is 0.524 bits per heavy atom. The van der Waals surface area contributed by atoms with E-state index < -0.39 is 0 Å². The van der Waals surface area contributed by atoms with Gasteiger partial charge in [0.15, 0.2) is 0 Å². The van der Waals surface area contributed by atoms with Crippen LogP contribution in [0.25, 0.3) is 147 Å². The monoisotopic (exact) mass is 793 g/mol. The first-order valence-corrected chi connectivity index (χ1v) is 22.0. The predicted octanol–water partition coefficient (Wildman–Crippen LogP) is 17.4. The maximum Gasteiger partial charge on any atom is 0.0620 e. The number of fused-ring (bicyclic) bond motifs is 20. The number of aromatic nitrogens is 1. The van der Waals surface area contributed by atoms with Gasteiger partial charge in [-0.1, -0.05) is 188 Å². The molecule has 1 heteroatoms. The van der Waals surface area contributed by atoms with Crippen LogP contribution < -0.4 is 0 Å².